The van der Waals surface area contributed by atoms with E-state index in [0.717, 1.165) is 11.8 Å². The highest BCUT2D eigenvalue weighted by atomic mass is 35.5. The van der Waals surface area contributed by atoms with Crippen LogP contribution in [0.1, 0.15) is 17.3 Å². The molecule has 0 bridgehead atoms. The lowest BCUT2D eigenvalue weighted by Gasteiger charge is -2.10. The van der Waals surface area contributed by atoms with Crippen molar-refractivity contribution in [3.63, 3.8) is 0 Å². The molecular formula is C16H17ClN4O4S. The number of carbonyl (C=O) groups is 2. The molecule has 1 amide bonds. The normalized spacial score (nSPS) is 10.3. The quantitative estimate of drug-likeness (QED) is 0.416. The lowest BCUT2D eigenvalue weighted by molar-refractivity contribution is -0.113. The molecule has 0 atom stereocenters. The minimum absolute atomic E-state index is 0.00197. The number of methoxy groups -OCH3 is 1. The van der Waals surface area contributed by atoms with Crippen LogP contribution in [0.3, 0.4) is 0 Å². The number of carbonyl (C=O) groups excluding carboxylic acids is 2. The summed E-state index contributed by atoms with van der Waals surface area (Å²) in [6.07, 6.45) is 1.28. The number of ether oxygens (including phenoxy) is 2. The van der Waals surface area contributed by atoms with Gasteiger partial charge in [0.15, 0.2) is 5.16 Å². The fraction of sp³-hybridized carbons (Fsp3) is 0.250. The fourth-order valence-corrected chi connectivity index (χ4v) is 2.70. The first kappa shape index (κ1) is 19.8. The first-order valence-electron chi connectivity index (χ1n) is 7.50. The number of esters is 1. The van der Waals surface area contributed by atoms with Crippen molar-refractivity contribution in [1.82, 2.24) is 9.97 Å². The Balaban J connectivity index is 1.98. The summed E-state index contributed by atoms with van der Waals surface area (Å²) < 4.78 is 10.0. The third-order valence-electron chi connectivity index (χ3n) is 3.06. The monoisotopic (exact) mass is 396 g/mol. The summed E-state index contributed by atoms with van der Waals surface area (Å²) >= 11 is 7.00. The smallest absolute Gasteiger partial charge is 0.343 e. The molecule has 2 aromatic rings. The molecule has 8 nitrogen and oxygen atoms in total. The van der Waals surface area contributed by atoms with Crippen molar-refractivity contribution in [3.05, 3.63) is 35.0 Å². The van der Waals surface area contributed by atoms with Crippen LogP contribution in [-0.4, -0.2) is 41.3 Å². The van der Waals surface area contributed by atoms with E-state index in [2.05, 4.69) is 15.3 Å². The van der Waals surface area contributed by atoms with Crippen molar-refractivity contribution in [2.75, 3.05) is 30.5 Å². The van der Waals surface area contributed by atoms with Gasteiger partial charge in [0.1, 0.15) is 17.1 Å². The van der Waals surface area contributed by atoms with Gasteiger partial charge in [-0.2, -0.15) is 0 Å². The lowest BCUT2D eigenvalue weighted by Crippen LogP contribution is -2.15. The second-order valence-corrected chi connectivity index (χ2v) is 6.23. The van der Waals surface area contributed by atoms with E-state index in [9.17, 15) is 9.59 Å². The Kier molecular flexibility index (Phi) is 7.05. The maximum atomic E-state index is 12.1. The molecule has 1 aromatic heterocycles. The number of nitrogen functional groups attached to an aromatic ring is 1. The molecule has 0 saturated heterocycles. The number of aromatic nitrogens is 2. The molecule has 0 saturated carbocycles. The number of nitrogens with two attached hydrogens (primary N) is 1. The van der Waals surface area contributed by atoms with E-state index in [1.54, 1.807) is 25.1 Å². The molecule has 26 heavy (non-hydrogen) atoms. The molecule has 3 N–H and O–H groups in total. The van der Waals surface area contributed by atoms with E-state index >= 15 is 0 Å². The number of hydrogen-bond acceptors (Lipinski definition) is 8. The Morgan fingerprint density at radius 1 is 1.38 bits per heavy atom. The zero-order valence-electron chi connectivity index (χ0n) is 14.1. The minimum Gasteiger partial charge on any atom is -0.495 e. The molecule has 0 fully saturated rings. The SMILES string of the molecule is CCOC(=O)c1cnc(SCC(=O)Nc2cc(Cl)ccc2OC)nc1N. The van der Waals surface area contributed by atoms with Gasteiger partial charge in [0.2, 0.25) is 5.91 Å². The fourth-order valence-electron chi connectivity index (χ4n) is 1.91. The summed E-state index contributed by atoms with van der Waals surface area (Å²) in [5, 5.41) is 3.44. The standard InChI is InChI=1S/C16H17ClN4O4S/c1-3-25-15(23)10-7-19-16(21-14(10)18)26-8-13(22)20-11-6-9(17)4-5-12(11)24-2/h4-7H,3,8H2,1-2H3,(H,20,22)(H2,18,19,21). The average molecular weight is 397 g/mol. The highest BCUT2D eigenvalue weighted by Gasteiger charge is 2.15. The molecule has 1 aromatic carbocycles. The molecule has 2 rings (SSSR count). The molecule has 1 heterocycles. The van der Waals surface area contributed by atoms with Crippen molar-refractivity contribution in [2.45, 2.75) is 12.1 Å². The Labute approximate surface area is 159 Å². The summed E-state index contributed by atoms with van der Waals surface area (Å²) in [6.45, 7) is 1.91. The van der Waals surface area contributed by atoms with Crippen molar-refractivity contribution in [3.8, 4) is 5.75 Å². The average Bonchev–Trinajstić information content (AvgIpc) is 2.60. The van der Waals surface area contributed by atoms with E-state index in [1.165, 1.54) is 13.3 Å². The molecule has 10 heteroatoms. The summed E-state index contributed by atoms with van der Waals surface area (Å²) in [6, 6.07) is 4.90. The number of nitrogens with zero attached hydrogens (tertiary/aromatic N) is 2. The maximum Gasteiger partial charge on any atom is 0.343 e. The van der Waals surface area contributed by atoms with Gasteiger partial charge in [0.05, 0.1) is 25.2 Å². The van der Waals surface area contributed by atoms with Gasteiger partial charge in [-0.25, -0.2) is 14.8 Å². The second-order valence-electron chi connectivity index (χ2n) is 4.85. The maximum absolute atomic E-state index is 12.1. The van der Waals surface area contributed by atoms with Crippen molar-refractivity contribution < 1.29 is 19.1 Å². The Morgan fingerprint density at radius 2 is 2.15 bits per heavy atom. The van der Waals surface area contributed by atoms with Crippen LogP contribution in [0.4, 0.5) is 11.5 Å². The zero-order chi connectivity index (χ0) is 19.1. The van der Waals surface area contributed by atoms with E-state index < -0.39 is 5.97 Å². The summed E-state index contributed by atoms with van der Waals surface area (Å²) in [5.41, 5.74) is 6.29. The molecule has 0 spiro atoms. The number of nitrogens with one attached hydrogen (secondary N) is 1. The highest BCUT2D eigenvalue weighted by Crippen LogP contribution is 2.28. The largest absolute Gasteiger partial charge is 0.495 e. The van der Waals surface area contributed by atoms with Crippen LogP contribution in [0.25, 0.3) is 0 Å². The van der Waals surface area contributed by atoms with Crippen LogP contribution in [-0.2, 0) is 9.53 Å². The molecule has 0 radical (unpaired) electrons. The molecular weight excluding hydrogens is 380 g/mol. The van der Waals surface area contributed by atoms with Crippen LogP contribution in [0.2, 0.25) is 5.02 Å². The number of thioether (sulfide) groups is 1. The van der Waals surface area contributed by atoms with Crippen molar-refractivity contribution >= 4 is 46.7 Å². The zero-order valence-corrected chi connectivity index (χ0v) is 15.7. The predicted molar refractivity (Wildman–Crippen MR) is 99.8 cm³/mol. The van der Waals surface area contributed by atoms with Crippen molar-refractivity contribution in [2.24, 2.45) is 0 Å². The number of halogens is 1. The third-order valence-corrected chi connectivity index (χ3v) is 4.16. The number of rotatable bonds is 7. The van der Waals surface area contributed by atoms with Gasteiger partial charge in [-0.3, -0.25) is 4.79 Å². The van der Waals surface area contributed by atoms with Crippen LogP contribution in [0.5, 0.6) is 5.75 Å². The van der Waals surface area contributed by atoms with Gasteiger partial charge in [0.25, 0.3) is 0 Å². The minimum atomic E-state index is -0.590. The van der Waals surface area contributed by atoms with E-state index in [4.69, 9.17) is 26.8 Å². The number of hydrogen-bond donors (Lipinski definition) is 2. The third kappa shape index (κ3) is 5.24. The first-order valence-corrected chi connectivity index (χ1v) is 8.86. The van der Waals surface area contributed by atoms with Crippen LogP contribution in [0.15, 0.2) is 29.6 Å². The van der Waals surface area contributed by atoms with E-state index in [-0.39, 0.29) is 34.8 Å². The molecule has 0 aliphatic carbocycles. The number of anilines is 2. The van der Waals surface area contributed by atoms with E-state index in [1.807, 2.05) is 0 Å². The van der Waals surface area contributed by atoms with Gasteiger partial charge < -0.3 is 20.5 Å². The Hall–Kier alpha value is -2.52. The van der Waals surface area contributed by atoms with Crippen LogP contribution >= 0.6 is 23.4 Å². The van der Waals surface area contributed by atoms with Gasteiger partial charge in [-0.05, 0) is 25.1 Å². The topological polar surface area (TPSA) is 116 Å². The summed E-state index contributed by atoms with van der Waals surface area (Å²) in [7, 11) is 1.50. The number of amides is 1. The Bertz CT molecular complexity index is 819. The summed E-state index contributed by atoms with van der Waals surface area (Å²) in [4.78, 5) is 31.8. The van der Waals surface area contributed by atoms with Gasteiger partial charge in [-0.1, -0.05) is 23.4 Å². The number of benzene rings is 1. The Morgan fingerprint density at radius 3 is 2.81 bits per heavy atom. The molecule has 0 unspecified atom stereocenters. The van der Waals surface area contributed by atoms with Gasteiger partial charge in [0, 0.05) is 11.2 Å². The molecule has 138 valence electrons. The predicted octanol–water partition coefficient (Wildman–Crippen LogP) is 2.63. The lowest BCUT2D eigenvalue weighted by atomic mass is 10.3. The highest BCUT2D eigenvalue weighted by molar-refractivity contribution is 7.99. The van der Waals surface area contributed by atoms with Crippen LogP contribution < -0.4 is 15.8 Å². The molecule has 0 aliphatic heterocycles. The second kappa shape index (κ2) is 9.25. The first-order chi connectivity index (χ1) is 12.4. The molecule has 0 aliphatic rings. The van der Waals surface area contributed by atoms with Gasteiger partial charge >= 0.3 is 5.97 Å². The summed E-state index contributed by atoms with van der Waals surface area (Å²) in [5.74, 6) is -0.363. The van der Waals surface area contributed by atoms with Crippen molar-refractivity contribution in [1.29, 1.82) is 0 Å². The van der Waals surface area contributed by atoms with Crippen LogP contribution in [0, 0.1) is 0 Å². The van der Waals surface area contributed by atoms with Gasteiger partial charge in [-0.15, -0.1) is 0 Å². The van der Waals surface area contributed by atoms with E-state index in [0.29, 0.717) is 16.5 Å².